The maximum atomic E-state index is 12.5. The molecule has 1 N–H and O–H groups in total. The Kier molecular flexibility index (Phi) is 7.13. The lowest BCUT2D eigenvalue weighted by atomic mass is 10.1. The lowest BCUT2D eigenvalue weighted by Crippen LogP contribution is -2.14. The van der Waals surface area contributed by atoms with Crippen LogP contribution >= 0.6 is 55.1 Å². The number of hydrogen-bond donors (Lipinski definition) is 1. The second-order valence-corrected chi connectivity index (χ2v) is 7.77. The average molecular weight is 519 g/mol. The molecule has 2 aromatic rings. The number of rotatable bonds is 4. The van der Waals surface area contributed by atoms with Gasteiger partial charge in [0.2, 0.25) is 0 Å². The molecule has 0 aromatic heterocycles. The first-order chi connectivity index (χ1) is 12.3. The van der Waals surface area contributed by atoms with Crippen LogP contribution in [-0.2, 0) is 4.79 Å². The molecule has 0 spiro atoms. The lowest BCUT2D eigenvalue weighted by molar-refractivity contribution is -0.112. The summed E-state index contributed by atoms with van der Waals surface area (Å²) in [5.74, 6) is -0.221. The summed E-state index contributed by atoms with van der Waals surface area (Å²) in [4.78, 5) is 12.5. The van der Waals surface area contributed by atoms with Crippen LogP contribution in [0.15, 0.2) is 38.8 Å². The van der Waals surface area contributed by atoms with E-state index in [4.69, 9.17) is 27.9 Å². The molecule has 0 unspecified atom stereocenters. The largest absolute Gasteiger partial charge is 0.494 e. The Balaban J connectivity index is 2.36. The number of carbonyl (C=O) groups excluding carboxylic acids is 1. The quantitative estimate of drug-likeness (QED) is 0.377. The van der Waals surface area contributed by atoms with Crippen LogP contribution in [0.25, 0.3) is 6.08 Å². The average Bonchev–Trinajstić information content (AvgIpc) is 2.55. The molecule has 0 radical (unpaired) electrons. The van der Waals surface area contributed by atoms with Crippen LogP contribution in [0.4, 0.5) is 5.69 Å². The third-order valence-electron chi connectivity index (χ3n) is 3.33. The summed E-state index contributed by atoms with van der Waals surface area (Å²) in [5.41, 5.74) is 1.96. The molecule has 8 heteroatoms. The highest BCUT2D eigenvalue weighted by Gasteiger charge is 2.15. The number of aryl methyl sites for hydroxylation is 1. The van der Waals surface area contributed by atoms with E-state index in [0.717, 1.165) is 5.56 Å². The fraction of sp³-hybridized carbons (Fsp3) is 0.111. The normalized spacial score (nSPS) is 11.0. The predicted molar refractivity (Wildman–Crippen MR) is 112 cm³/mol. The molecule has 4 nitrogen and oxygen atoms in total. The van der Waals surface area contributed by atoms with Gasteiger partial charge in [0.05, 0.1) is 22.8 Å². The number of methoxy groups -OCH3 is 1. The number of nitrogens with one attached hydrogen (secondary N) is 1. The minimum absolute atomic E-state index is 0.0957. The maximum absolute atomic E-state index is 12.5. The van der Waals surface area contributed by atoms with E-state index < -0.39 is 5.91 Å². The monoisotopic (exact) mass is 516 g/mol. The van der Waals surface area contributed by atoms with Gasteiger partial charge in [-0.3, -0.25) is 4.79 Å². The number of anilines is 1. The van der Waals surface area contributed by atoms with E-state index in [0.29, 0.717) is 25.9 Å². The van der Waals surface area contributed by atoms with Gasteiger partial charge in [-0.1, -0.05) is 23.2 Å². The second kappa shape index (κ2) is 8.92. The summed E-state index contributed by atoms with van der Waals surface area (Å²) in [5, 5.41) is 12.6. The Labute approximate surface area is 178 Å². The third-order valence-corrected chi connectivity index (χ3v) is 5.14. The number of hydrogen-bond acceptors (Lipinski definition) is 3. The van der Waals surface area contributed by atoms with Crippen LogP contribution in [0.2, 0.25) is 10.0 Å². The highest BCUT2D eigenvalue weighted by atomic mass is 79.9. The van der Waals surface area contributed by atoms with Crippen LogP contribution in [0.5, 0.6) is 5.75 Å². The number of amides is 1. The van der Waals surface area contributed by atoms with Crippen LogP contribution < -0.4 is 10.1 Å². The van der Waals surface area contributed by atoms with E-state index in [2.05, 4.69) is 37.2 Å². The first-order valence-electron chi connectivity index (χ1n) is 7.18. The first kappa shape index (κ1) is 20.8. The van der Waals surface area contributed by atoms with Gasteiger partial charge in [-0.25, -0.2) is 0 Å². The van der Waals surface area contributed by atoms with E-state index in [-0.39, 0.29) is 15.6 Å². The summed E-state index contributed by atoms with van der Waals surface area (Å²) in [6.45, 7) is 1.93. The molecular formula is C18H12Br2Cl2N2O2. The van der Waals surface area contributed by atoms with Gasteiger partial charge in [-0.15, -0.1) is 0 Å². The highest BCUT2D eigenvalue weighted by Crippen LogP contribution is 2.35. The van der Waals surface area contributed by atoms with Gasteiger partial charge >= 0.3 is 0 Å². The second-order valence-electron chi connectivity index (χ2n) is 5.25. The Hall–Kier alpha value is -1.52. The van der Waals surface area contributed by atoms with E-state index in [9.17, 15) is 10.1 Å². The number of ether oxygens (including phenoxy) is 1. The fourth-order valence-electron chi connectivity index (χ4n) is 2.17. The number of nitrogens with zero attached hydrogens (tertiary/aromatic N) is 1. The van der Waals surface area contributed by atoms with Crippen molar-refractivity contribution in [2.75, 3.05) is 12.4 Å². The molecule has 26 heavy (non-hydrogen) atoms. The molecule has 0 atom stereocenters. The number of halogens is 4. The zero-order valence-corrected chi connectivity index (χ0v) is 18.3. The van der Waals surface area contributed by atoms with Crippen molar-refractivity contribution in [3.8, 4) is 11.8 Å². The van der Waals surface area contributed by atoms with Gasteiger partial charge < -0.3 is 10.1 Å². The highest BCUT2D eigenvalue weighted by molar-refractivity contribution is 9.11. The van der Waals surface area contributed by atoms with E-state index in [1.807, 2.05) is 25.1 Å². The van der Waals surface area contributed by atoms with Crippen LogP contribution in [0, 0.1) is 18.3 Å². The molecule has 0 saturated heterocycles. The van der Waals surface area contributed by atoms with Crippen LogP contribution in [-0.4, -0.2) is 13.0 Å². The van der Waals surface area contributed by atoms with Crippen molar-refractivity contribution >= 4 is 72.7 Å². The topological polar surface area (TPSA) is 62.1 Å². The zero-order valence-electron chi connectivity index (χ0n) is 13.7. The molecule has 0 bridgehead atoms. The molecule has 2 aromatic carbocycles. The molecule has 0 aliphatic carbocycles. The summed E-state index contributed by atoms with van der Waals surface area (Å²) in [7, 11) is 1.45. The molecule has 0 heterocycles. The zero-order chi connectivity index (χ0) is 19.4. The van der Waals surface area contributed by atoms with Gasteiger partial charge in [0, 0.05) is 8.95 Å². The van der Waals surface area contributed by atoms with Crippen molar-refractivity contribution in [3.63, 3.8) is 0 Å². The van der Waals surface area contributed by atoms with E-state index >= 15 is 0 Å². The predicted octanol–water partition coefficient (Wildman–Crippen LogP) is 6.38. The first-order valence-corrected chi connectivity index (χ1v) is 9.52. The molecule has 1 amide bonds. The van der Waals surface area contributed by atoms with Gasteiger partial charge in [0.15, 0.2) is 5.75 Å². The molecule has 2 rings (SSSR count). The van der Waals surface area contributed by atoms with Crippen molar-refractivity contribution in [2.24, 2.45) is 0 Å². The maximum Gasteiger partial charge on any atom is 0.266 e. The Morgan fingerprint density at radius 3 is 2.19 bits per heavy atom. The lowest BCUT2D eigenvalue weighted by Gasteiger charge is -2.11. The van der Waals surface area contributed by atoms with Crippen molar-refractivity contribution < 1.29 is 9.53 Å². The van der Waals surface area contributed by atoms with Crippen molar-refractivity contribution in [1.82, 2.24) is 0 Å². The van der Waals surface area contributed by atoms with E-state index in [1.165, 1.54) is 13.2 Å². The van der Waals surface area contributed by atoms with Crippen LogP contribution in [0.1, 0.15) is 11.1 Å². The number of carbonyl (C=O) groups is 1. The number of benzene rings is 2. The van der Waals surface area contributed by atoms with Gasteiger partial charge in [0.25, 0.3) is 5.91 Å². The van der Waals surface area contributed by atoms with Gasteiger partial charge in [-0.05, 0) is 80.3 Å². The van der Waals surface area contributed by atoms with E-state index in [1.54, 1.807) is 12.1 Å². The van der Waals surface area contributed by atoms with Crippen molar-refractivity contribution in [2.45, 2.75) is 6.92 Å². The van der Waals surface area contributed by atoms with Crippen LogP contribution in [0.3, 0.4) is 0 Å². The van der Waals surface area contributed by atoms with Crippen molar-refractivity contribution in [3.05, 3.63) is 60.0 Å². The Bertz CT molecular complexity index is 907. The SMILES string of the molecule is COc1c(Cl)cc(/C=C(\C#N)C(=O)Nc2c(Br)cc(C)cc2Br)cc1Cl. The Morgan fingerprint density at radius 1 is 1.19 bits per heavy atom. The molecule has 0 aliphatic heterocycles. The van der Waals surface area contributed by atoms with Gasteiger partial charge in [0.1, 0.15) is 11.6 Å². The minimum Gasteiger partial charge on any atom is -0.494 e. The fourth-order valence-corrected chi connectivity index (χ4v) is 4.45. The third kappa shape index (κ3) is 4.80. The standard InChI is InChI=1S/C18H12Br2Cl2N2O2/c1-9-3-12(19)16(13(20)4-9)24-18(25)11(8-23)5-10-6-14(21)17(26-2)15(22)7-10/h3-7H,1-2H3,(H,24,25)/b11-5+. The molecule has 0 aliphatic rings. The molecule has 0 fully saturated rings. The van der Waals surface area contributed by atoms with Crippen molar-refractivity contribution in [1.29, 1.82) is 5.26 Å². The summed E-state index contributed by atoms with van der Waals surface area (Å²) in [6, 6.07) is 8.74. The molecular weight excluding hydrogens is 507 g/mol. The summed E-state index contributed by atoms with van der Waals surface area (Å²) < 4.78 is 6.48. The molecule has 134 valence electrons. The summed E-state index contributed by atoms with van der Waals surface area (Å²) in [6.07, 6.45) is 1.41. The Morgan fingerprint density at radius 2 is 1.73 bits per heavy atom. The molecule has 0 saturated carbocycles. The van der Waals surface area contributed by atoms with Gasteiger partial charge in [-0.2, -0.15) is 5.26 Å². The smallest absolute Gasteiger partial charge is 0.266 e. The summed E-state index contributed by atoms with van der Waals surface area (Å²) >= 11 is 19.0. The number of nitriles is 1. The minimum atomic E-state index is -0.555.